The number of rotatable bonds is 56. The molecule has 0 heterocycles. The Labute approximate surface area is 448 Å². The van der Waals surface area contributed by atoms with Crippen LogP contribution in [0.1, 0.15) is 364 Å². The van der Waals surface area contributed by atoms with E-state index in [0.717, 1.165) is 0 Å². The van der Waals surface area contributed by atoms with E-state index in [0.29, 0.717) is 0 Å². The van der Waals surface area contributed by atoms with Crippen LogP contribution in [0.4, 0.5) is 0 Å². The van der Waals surface area contributed by atoms with Crippen molar-refractivity contribution >= 4 is 38.0 Å². The molecule has 0 saturated heterocycles. The van der Waals surface area contributed by atoms with Crippen LogP contribution in [0.2, 0.25) is 0 Å². The Morgan fingerprint density at radius 1 is 0.191 bits per heavy atom. The molecule has 0 radical (unpaired) electrons. The molecule has 0 N–H and O–H groups in total. The van der Waals surface area contributed by atoms with Gasteiger partial charge in [-0.3, -0.25) is 0 Å². The zero-order chi connectivity index (χ0) is 50.5. The second-order valence-electron chi connectivity index (χ2n) is 23.6. The van der Waals surface area contributed by atoms with E-state index in [4.69, 9.17) is 26.7 Å². The summed E-state index contributed by atoms with van der Waals surface area (Å²) in [4.78, 5) is 0. The number of unbranched alkanes of at least 4 members (excludes halogenated alkanes) is 40. The summed E-state index contributed by atoms with van der Waals surface area (Å²) >= 11 is 12.7. The van der Waals surface area contributed by atoms with Gasteiger partial charge < -0.3 is 0 Å². The standard InChI is InChI=1S/C32H68BrP.C32H68ClP/c2*1-5-9-13-17-18-19-20-21-22-23-24-28-32-34(33,29-25-14-10-6-2,30-26-15-11-7-3)31-27-16-12-8-4/h2*5-32H2,1-4H3. The molecule has 0 aliphatic carbocycles. The third-order valence-corrected chi connectivity index (χ3v) is 34.3. The minimum absolute atomic E-state index is 1.34. The van der Waals surface area contributed by atoms with E-state index in [2.05, 4.69) is 55.4 Å². The van der Waals surface area contributed by atoms with Gasteiger partial charge in [0, 0.05) is 0 Å². The van der Waals surface area contributed by atoms with Crippen LogP contribution in [0.15, 0.2) is 0 Å². The first kappa shape index (κ1) is 71.7. The fourth-order valence-corrected chi connectivity index (χ4v) is 26.9. The third-order valence-electron chi connectivity index (χ3n) is 16.6. The third kappa shape index (κ3) is 45.1. The van der Waals surface area contributed by atoms with Gasteiger partial charge in [-0.15, -0.1) is 0 Å². The molecule has 0 aromatic rings. The van der Waals surface area contributed by atoms with E-state index in [1.165, 1.54) is 333 Å². The zero-order valence-electron chi connectivity index (χ0n) is 49.2. The molecule has 0 bridgehead atoms. The first-order valence-corrected chi connectivity index (χ1v) is 41.4. The topological polar surface area (TPSA) is 0 Å². The van der Waals surface area contributed by atoms with Gasteiger partial charge in [0.05, 0.1) is 0 Å². The molecular formula is C64H136BrClP2. The Morgan fingerprint density at radius 3 is 0.471 bits per heavy atom. The fourth-order valence-electron chi connectivity index (χ4n) is 11.6. The predicted molar refractivity (Wildman–Crippen MR) is 335 cm³/mol. The molecule has 4 heteroatoms. The van der Waals surface area contributed by atoms with E-state index < -0.39 is 11.3 Å². The van der Waals surface area contributed by atoms with Crippen molar-refractivity contribution in [2.45, 2.75) is 364 Å². The molecule has 416 valence electrons. The van der Waals surface area contributed by atoms with Gasteiger partial charge in [0.1, 0.15) is 0 Å². The van der Waals surface area contributed by atoms with Gasteiger partial charge in [0.15, 0.2) is 0 Å². The normalized spacial score (nSPS) is 13.3. The summed E-state index contributed by atoms with van der Waals surface area (Å²) in [5.74, 6) is -2.07. The Morgan fingerprint density at radius 2 is 0.309 bits per heavy atom. The van der Waals surface area contributed by atoms with Crippen LogP contribution >= 0.6 is 38.0 Å². The van der Waals surface area contributed by atoms with Crippen LogP contribution in [0.5, 0.6) is 0 Å². The van der Waals surface area contributed by atoms with Gasteiger partial charge in [0.25, 0.3) is 0 Å². The first-order valence-electron chi connectivity index (χ1n) is 32.5. The zero-order valence-corrected chi connectivity index (χ0v) is 53.4. The van der Waals surface area contributed by atoms with Gasteiger partial charge in [-0.1, -0.05) is 26.7 Å². The quantitative estimate of drug-likeness (QED) is 0.0421. The van der Waals surface area contributed by atoms with Crippen LogP contribution in [-0.2, 0) is 0 Å². The molecule has 0 saturated carbocycles. The van der Waals surface area contributed by atoms with Crippen molar-refractivity contribution in [1.82, 2.24) is 0 Å². The summed E-state index contributed by atoms with van der Waals surface area (Å²) in [6, 6.07) is 0. The van der Waals surface area contributed by atoms with Crippen molar-refractivity contribution in [3.8, 4) is 0 Å². The maximum atomic E-state index is 8.00. The monoisotopic (exact) mass is 1080 g/mol. The molecule has 0 fully saturated rings. The summed E-state index contributed by atoms with van der Waals surface area (Å²) in [5.41, 5.74) is 0. The van der Waals surface area contributed by atoms with Crippen molar-refractivity contribution in [1.29, 1.82) is 0 Å². The van der Waals surface area contributed by atoms with E-state index in [1.807, 2.05) is 0 Å². The second kappa shape index (κ2) is 52.1. The van der Waals surface area contributed by atoms with Crippen molar-refractivity contribution in [3.63, 3.8) is 0 Å². The number of halogens is 2. The van der Waals surface area contributed by atoms with Crippen molar-refractivity contribution in [2.75, 3.05) is 49.3 Å². The van der Waals surface area contributed by atoms with Crippen LogP contribution in [0.25, 0.3) is 0 Å². The van der Waals surface area contributed by atoms with Crippen molar-refractivity contribution < 1.29 is 0 Å². The van der Waals surface area contributed by atoms with Crippen LogP contribution in [-0.4, -0.2) is 49.3 Å². The summed E-state index contributed by atoms with van der Waals surface area (Å²) in [6.45, 7) is 18.7. The molecule has 0 aromatic carbocycles. The molecule has 0 spiro atoms. The van der Waals surface area contributed by atoms with Gasteiger partial charge in [-0.2, -0.15) is 0 Å². The summed E-state index contributed by atoms with van der Waals surface area (Å²) in [5, 5.41) is -1.72. The number of hydrogen-bond donors (Lipinski definition) is 0. The Balaban J connectivity index is 0. The first-order chi connectivity index (χ1) is 33.1. The molecule has 68 heavy (non-hydrogen) atoms. The Hall–Kier alpha value is 1.63. The van der Waals surface area contributed by atoms with Gasteiger partial charge >= 0.3 is 424 Å². The van der Waals surface area contributed by atoms with Crippen LogP contribution in [0.3, 0.4) is 0 Å². The second-order valence-corrected chi connectivity index (χ2v) is 43.3. The van der Waals surface area contributed by atoms with E-state index >= 15 is 0 Å². The summed E-state index contributed by atoms with van der Waals surface area (Å²) in [6.07, 6.45) is 80.5. The van der Waals surface area contributed by atoms with Crippen molar-refractivity contribution in [3.05, 3.63) is 0 Å². The molecular weight excluding hydrogens is 946 g/mol. The minimum atomic E-state index is -2.07. The van der Waals surface area contributed by atoms with Crippen LogP contribution in [0, 0.1) is 0 Å². The van der Waals surface area contributed by atoms with Crippen LogP contribution < -0.4 is 0 Å². The van der Waals surface area contributed by atoms with Gasteiger partial charge in [-0.05, 0) is 0 Å². The van der Waals surface area contributed by atoms with Gasteiger partial charge in [-0.25, -0.2) is 0 Å². The van der Waals surface area contributed by atoms with Gasteiger partial charge in [0.2, 0.25) is 0 Å². The molecule has 0 amide bonds. The molecule has 0 atom stereocenters. The molecule has 0 rings (SSSR count). The molecule has 0 nitrogen and oxygen atoms in total. The predicted octanol–water partition coefficient (Wildman–Crippen LogP) is 26.4. The Kier molecular flexibility index (Phi) is 54.9. The molecule has 0 aliphatic heterocycles. The molecule has 0 aromatic heterocycles. The summed E-state index contributed by atoms with van der Waals surface area (Å²) in [7, 11) is 0. The Bertz CT molecular complexity index is 826. The molecule has 0 unspecified atom stereocenters. The van der Waals surface area contributed by atoms with Crippen molar-refractivity contribution in [2.24, 2.45) is 0 Å². The average molecular weight is 1080 g/mol. The summed E-state index contributed by atoms with van der Waals surface area (Å²) < 4.78 is 0. The average Bonchev–Trinajstić information content (AvgIpc) is 3.34. The van der Waals surface area contributed by atoms with E-state index in [1.54, 1.807) is 24.6 Å². The van der Waals surface area contributed by atoms with E-state index in [-0.39, 0.29) is 0 Å². The molecule has 0 aliphatic rings. The fraction of sp³-hybridized carbons (Fsp3) is 1.00. The number of hydrogen-bond acceptors (Lipinski definition) is 0. The van der Waals surface area contributed by atoms with E-state index in [9.17, 15) is 0 Å². The maximum absolute atomic E-state index is 8.00. The SMILES string of the molecule is CCCCCCCCCCCCCCP(Br)(CCCCCC)(CCCCCC)CCCCCC.CCCCCCCCCCCCCCP(Cl)(CCCCCC)(CCCCCC)CCCCCC.